The van der Waals surface area contributed by atoms with Gasteiger partial charge in [0.15, 0.2) is 0 Å². The zero-order valence-electron chi connectivity index (χ0n) is 11.1. The first kappa shape index (κ1) is 14.4. The Labute approximate surface area is 93.3 Å². The molecule has 0 bridgehead atoms. The van der Waals surface area contributed by atoms with Gasteiger partial charge in [-0.05, 0) is 34.1 Å². The van der Waals surface area contributed by atoms with Crippen molar-refractivity contribution in [3.05, 3.63) is 0 Å². The highest BCUT2D eigenvalue weighted by molar-refractivity contribution is 5.82. The van der Waals surface area contributed by atoms with Gasteiger partial charge in [0, 0.05) is 5.41 Å². The molecule has 3 heteroatoms. The van der Waals surface area contributed by atoms with Gasteiger partial charge in [-0.25, -0.2) is 0 Å². The fourth-order valence-electron chi connectivity index (χ4n) is 0.767. The molecule has 0 fully saturated rings. The number of carbonyl (C=O) groups excluding carboxylic acids is 1. The smallest absolute Gasteiger partial charge is 0.226 e. The maximum atomic E-state index is 11.9. The van der Waals surface area contributed by atoms with Crippen LogP contribution in [0.15, 0.2) is 0 Å². The number of nitrogens with one attached hydrogen (secondary N) is 1. The third-order valence-electron chi connectivity index (χ3n) is 3.45. The van der Waals surface area contributed by atoms with E-state index < -0.39 is 11.1 Å². The van der Waals surface area contributed by atoms with E-state index in [1.54, 1.807) is 13.8 Å². The number of rotatable bonds is 4. The van der Waals surface area contributed by atoms with E-state index in [1.165, 1.54) is 0 Å². The SMILES string of the molecule is CCC(C)(C)C(=O)NC(C)(C)C(C)(C)O. The van der Waals surface area contributed by atoms with E-state index in [2.05, 4.69) is 5.32 Å². The molecule has 90 valence electrons. The van der Waals surface area contributed by atoms with Crippen LogP contribution < -0.4 is 5.32 Å². The third-order valence-corrected chi connectivity index (χ3v) is 3.45. The average molecular weight is 215 g/mol. The summed E-state index contributed by atoms with van der Waals surface area (Å²) in [6.45, 7) is 12.9. The van der Waals surface area contributed by atoms with E-state index >= 15 is 0 Å². The Balaban J connectivity index is 4.70. The Morgan fingerprint density at radius 3 is 1.80 bits per heavy atom. The van der Waals surface area contributed by atoms with Crippen molar-refractivity contribution >= 4 is 5.91 Å². The average Bonchev–Trinajstić information content (AvgIpc) is 2.01. The summed E-state index contributed by atoms with van der Waals surface area (Å²) in [7, 11) is 0. The highest BCUT2D eigenvalue weighted by Gasteiger charge is 2.39. The highest BCUT2D eigenvalue weighted by atomic mass is 16.3. The quantitative estimate of drug-likeness (QED) is 0.754. The van der Waals surface area contributed by atoms with Gasteiger partial charge in [-0.2, -0.15) is 0 Å². The van der Waals surface area contributed by atoms with Gasteiger partial charge in [-0.15, -0.1) is 0 Å². The fourth-order valence-corrected chi connectivity index (χ4v) is 0.767. The number of amides is 1. The fraction of sp³-hybridized carbons (Fsp3) is 0.917. The third kappa shape index (κ3) is 3.49. The minimum atomic E-state index is -0.938. The molecular weight excluding hydrogens is 190 g/mol. The van der Waals surface area contributed by atoms with Crippen LogP contribution in [0.2, 0.25) is 0 Å². The van der Waals surface area contributed by atoms with Gasteiger partial charge in [-0.3, -0.25) is 4.79 Å². The van der Waals surface area contributed by atoms with Crippen LogP contribution in [0.5, 0.6) is 0 Å². The molecule has 0 unspecified atom stereocenters. The maximum Gasteiger partial charge on any atom is 0.226 e. The summed E-state index contributed by atoms with van der Waals surface area (Å²) in [5.74, 6) is -0.0166. The highest BCUT2D eigenvalue weighted by Crippen LogP contribution is 2.25. The van der Waals surface area contributed by atoms with Crippen LogP contribution in [0.3, 0.4) is 0 Å². The van der Waals surface area contributed by atoms with Crippen molar-refractivity contribution in [1.29, 1.82) is 0 Å². The molecule has 0 saturated heterocycles. The Kier molecular flexibility index (Phi) is 3.97. The Hall–Kier alpha value is -0.570. The van der Waals surface area contributed by atoms with Gasteiger partial charge >= 0.3 is 0 Å². The molecule has 0 aliphatic carbocycles. The molecule has 15 heavy (non-hydrogen) atoms. The van der Waals surface area contributed by atoms with Crippen LogP contribution in [0.1, 0.15) is 54.9 Å². The molecule has 0 aromatic rings. The Morgan fingerprint density at radius 2 is 1.53 bits per heavy atom. The van der Waals surface area contributed by atoms with Crippen LogP contribution >= 0.6 is 0 Å². The molecule has 0 aliphatic rings. The van der Waals surface area contributed by atoms with Crippen molar-refractivity contribution in [2.24, 2.45) is 5.41 Å². The summed E-state index contributed by atoms with van der Waals surface area (Å²) >= 11 is 0. The minimum Gasteiger partial charge on any atom is -0.388 e. The summed E-state index contributed by atoms with van der Waals surface area (Å²) in [5, 5.41) is 12.8. The molecule has 0 rings (SSSR count). The van der Waals surface area contributed by atoms with E-state index in [0.29, 0.717) is 0 Å². The largest absolute Gasteiger partial charge is 0.388 e. The second kappa shape index (κ2) is 4.12. The Bertz CT molecular complexity index is 236. The summed E-state index contributed by atoms with van der Waals surface area (Å²) in [4.78, 5) is 11.9. The Morgan fingerprint density at radius 1 is 1.13 bits per heavy atom. The summed E-state index contributed by atoms with van der Waals surface area (Å²) in [5.41, 5.74) is -1.95. The summed E-state index contributed by atoms with van der Waals surface area (Å²) < 4.78 is 0. The van der Waals surface area contributed by atoms with Crippen molar-refractivity contribution in [2.75, 3.05) is 0 Å². The van der Waals surface area contributed by atoms with Crippen molar-refractivity contribution in [3.8, 4) is 0 Å². The molecule has 0 heterocycles. The lowest BCUT2D eigenvalue weighted by atomic mass is 9.83. The van der Waals surface area contributed by atoms with E-state index in [4.69, 9.17) is 0 Å². The first-order chi connectivity index (χ1) is 6.44. The predicted molar refractivity (Wildman–Crippen MR) is 62.6 cm³/mol. The van der Waals surface area contributed by atoms with E-state index in [1.807, 2.05) is 34.6 Å². The molecular formula is C12H25NO2. The van der Waals surface area contributed by atoms with Crippen LogP contribution in [0.25, 0.3) is 0 Å². The van der Waals surface area contributed by atoms with E-state index in [0.717, 1.165) is 6.42 Å². The number of hydrogen-bond acceptors (Lipinski definition) is 2. The maximum absolute atomic E-state index is 11.9. The molecule has 0 radical (unpaired) electrons. The van der Waals surface area contributed by atoms with Gasteiger partial charge in [-0.1, -0.05) is 20.8 Å². The van der Waals surface area contributed by atoms with Crippen LogP contribution in [-0.2, 0) is 4.79 Å². The second-order valence-corrected chi connectivity index (χ2v) is 5.88. The van der Waals surface area contributed by atoms with Crippen molar-refractivity contribution < 1.29 is 9.90 Å². The van der Waals surface area contributed by atoms with Crippen LogP contribution in [0, 0.1) is 5.41 Å². The van der Waals surface area contributed by atoms with Crippen molar-refractivity contribution in [3.63, 3.8) is 0 Å². The van der Waals surface area contributed by atoms with Gasteiger partial charge in [0.1, 0.15) is 0 Å². The molecule has 2 N–H and O–H groups in total. The van der Waals surface area contributed by atoms with E-state index in [9.17, 15) is 9.90 Å². The standard InChI is InChI=1S/C12H25NO2/c1-8-10(2,3)9(14)13-11(4,5)12(6,7)15/h15H,8H2,1-7H3,(H,13,14). The lowest BCUT2D eigenvalue weighted by Gasteiger charge is -2.40. The lowest BCUT2D eigenvalue weighted by molar-refractivity contribution is -0.134. The number of aliphatic hydroxyl groups is 1. The summed E-state index contributed by atoms with van der Waals surface area (Å²) in [6, 6.07) is 0. The van der Waals surface area contributed by atoms with Gasteiger partial charge in [0.25, 0.3) is 0 Å². The molecule has 0 aromatic heterocycles. The first-order valence-electron chi connectivity index (χ1n) is 5.49. The van der Waals surface area contributed by atoms with Crippen LogP contribution in [-0.4, -0.2) is 22.2 Å². The van der Waals surface area contributed by atoms with Gasteiger partial charge in [0.05, 0.1) is 11.1 Å². The molecule has 1 amide bonds. The zero-order valence-corrected chi connectivity index (χ0v) is 11.1. The number of carbonyl (C=O) groups is 1. The summed E-state index contributed by atoms with van der Waals surface area (Å²) in [6.07, 6.45) is 0.779. The molecule has 0 aromatic carbocycles. The lowest BCUT2D eigenvalue weighted by Crippen LogP contribution is -2.59. The minimum absolute atomic E-state index is 0.0166. The molecule has 0 aliphatic heterocycles. The molecule has 0 atom stereocenters. The number of hydrogen-bond donors (Lipinski definition) is 2. The topological polar surface area (TPSA) is 49.3 Å². The van der Waals surface area contributed by atoms with Crippen LogP contribution in [0.4, 0.5) is 0 Å². The molecule has 0 spiro atoms. The second-order valence-electron chi connectivity index (χ2n) is 5.88. The first-order valence-corrected chi connectivity index (χ1v) is 5.49. The predicted octanol–water partition coefficient (Wildman–Crippen LogP) is 2.09. The van der Waals surface area contributed by atoms with Gasteiger partial charge < -0.3 is 10.4 Å². The van der Waals surface area contributed by atoms with Crippen molar-refractivity contribution in [2.45, 2.75) is 66.0 Å². The zero-order chi connectivity index (χ0) is 12.5. The monoisotopic (exact) mass is 215 g/mol. The van der Waals surface area contributed by atoms with Crippen molar-refractivity contribution in [1.82, 2.24) is 5.32 Å². The van der Waals surface area contributed by atoms with E-state index in [-0.39, 0.29) is 11.3 Å². The van der Waals surface area contributed by atoms with Gasteiger partial charge in [0.2, 0.25) is 5.91 Å². The normalized spacial score (nSPS) is 13.9. The molecule has 0 saturated carbocycles. The molecule has 3 nitrogen and oxygen atoms in total.